The van der Waals surface area contributed by atoms with Crippen molar-refractivity contribution in [2.75, 3.05) is 18.9 Å². The molecule has 6 atom stereocenters. The first-order valence-corrected chi connectivity index (χ1v) is 14.6. The number of fused-ring (bicyclic) bond motifs is 1. The standard InChI is InChI=1S/C25H33F2N6O8P/c1-6-37-19-17-18(30-23(28)31-19)33(13-29-17)22-24(5,26)21(35)25(27,40-22)12-38-42(36,41-16-10-8-7-9-11-16)32-15(4)20(34)39-14(2)3/h7-11,13-15,21-22,35H,6,12H2,1-5H3,(H,32,36)(H2,28,30,31). The minimum absolute atomic E-state index is 0.0166. The topological polar surface area (TPSA) is 182 Å². The summed E-state index contributed by atoms with van der Waals surface area (Å²) in [4.78, 5) is 24.5. The number of hydrogen-bond donors (Lipinski definition) is 3. The van der Waals surface area contributed by atoms with E-state index in [1.165, 1.54) is 19.1 Å². The molecule has 3 aromatic rings. The van der Waals surface area contributed by atoms with Crippen molar-refractivity contribution in [2.45, 2.75) is 70.6 Å². The van der Waals surface area contributed by atoms with Gasteiger partial charge in [-0.3, -0.25) is 13.9 Å². The van der Waals surface area contributed by atoms with Crippen molar-refractivity contribution >= 4 is 30.8 Å². The fourth-order valence-corrected chi connectivity index (χ4v) is 5.69. The second-order valence-electron chi connectivity index (χ2n) is 9.97. The number of nitrogen functional groups attached to an aromatic ring is 1. The van der Waals surface area contributed by atoms with Gasteiger partial charge in [0.15, 0.2) is 29.2 Å². The van der Waals surface area contributed by atoms with E-state index in [1.54, 1.807) is 39.0 Å². The maximum atomic E-state index is 16.2. The van der Waals surface area contributed by atoms with Crippen LogP contribution in [-0.2, 0) is 23.4 Å². The van der Waals surface area contributed by atoms with Crippen LogP contribution in [-0.4, -0.2) is 73.6 Å². The lowest BCUT2D eigenvalue weighted by Crippen LogP contribution is -2.47. The zero-order chi connectivity index (χ0) is 30.9. The number of nitrogens with zero attached hydrogens (tertiary/aromatic N) is 4. The normalized spacial score (nSPS) is 26.2. The Morgan fingerprint density at radius 3 is 2.60 bits per heavy atom. The third-order valence-electron chi connectivity index (χ3n) is 6.13. The Hall–Kier alpha value is -3.43. The summed E-state index contributed by atoms with van der Waals surface area (Å²) >= 11 is 0. The summed E-state index contributed by atoms with van der Waals surface area (Å²) in [7, 11) is -4.58. The molecule has 1 aromatic carbocycles. The largest absolute Gasteiger partial charge is 0.476 e. The number of anilines is 1. The van der Waals surface area contributed by atoms with Crippen molar-refractivity contribution in [1.29, 1.82) is 0 Å². The lowest BCUT2D eigenvalue weighted by Gasteiger charge is -2.28. The number of aliphatic hydroxyl groups excluding tert-OH is 1. The summed E-state index contributed by atoms with van der Waals surface area (Å²) in [5.41, 5.74) is 3.03. The van der Waals surface area contributed by atoms with Gasteiger partial charge in [0.1, 0.15) is 18.4 Å². The Bertz CT molecular complexity index is 1460. The average molecular weight is 615 g/mol. The molecular formula is C25H33F2N6O8P. The SMILES string of the molecule is CCOc1nc(N)nc2c1ncn2C1OC(F)(COP(=O)(NC(C)C(=O)OC(C)C)Oc2ccccc2)C(O)C1(C)F. The predicted octanol–water partition coefficient (Wildman–Crippen LogP) is 3.22. The van der Waals surface area contributed by atoms with E-state index in [2.05, 4.69) is 20.0 Å². The van der Waals surface area contributed by atoms with Gasteiger partial charge in [-0.1, -0.05) is 18.2 Å². The molecule has 14 nitrogen and oxygen atoms in total. The maximum Gasteiger partial charge on any atom is 0.459 e. The highest BCUT2D eigenvalue weighted by molar-refractivity contribution is 7.52. The molecule has 2 aromatic heterocycles. The van der Waals surface area contributed by atoms with Gasteiger partial charge in [0, 0.05) is 0 Å². The van der Waals surface area contributed by atoms with E-state index in [0.717, 1.165) is 17.8 Å². The molecule has 0 radical (unpaired) electrons. The van der Waals surface area contributed by atoms with Crippen LogP contribution < -0.4 is 20.1 Å². The fraction of sp³-hybridized carbons (Fsp3) is 0.520. The quantitative estimate of drug-likeness (QED) is 0.200. The molecule has 230 valence electrons. The van der Waals surface area contributed by atoms with E-state index in [4.69, 9.17) is 29.0 Å². The number of benzene rings is 1. The van der Waals surface area contributed by atoms with E-state index in [1.807, 2.05) is 0 Å². The van der Waals surface area contributed by atoms with E-state index >= 15 is 8.78 Å². The number of halogens is 2. The van der Waals surface area contributed by atoms with E-state index < -0.39 is 56.3 Å². The number of carbonyl (C=O) groups excluding carboxylic acids is 1. The second kappa shape index (κ2) is 12.1. The number of imidazole rings is 1. The first kappa shape index (κ1) is 31.5. The van der Waals surface area contributed by atoms with Crippen LogP contribution in [0.2, 0.25) is 0 Å². The van der Waals surface area contributed by atoms with Crippen LogP contribution in [0.5, 0.6) is 11.6 Å². The highest BCUT2D eigenvalue weighted by atomic mass is 31.2. The highest BCUT2D eigenvalue weighted by Gasteiger charge is 2.65. The van der Waals surface area contributed by atoms with Gasteiger partial charge in [-0.2, -0.15) is 15.1 Å². The Balaban J connectivity index is 1.61. The number of nitrogens with one attached hydrogen (secondary N) is 1. The van der Waals surface area contributed by atoms with Crippen molar-refractivity contribution in [3.05, 3.63) is 36.7 Å². The number of carbonyl (C=O) groups is 1. The first-order valence-electron chi connectivity index (χ1n) is 13.0. The summed E-state index contributed by atoms with van der Waals surface area (Å²) in [6, 6.07) is 6.50. The van der Waals surface area contributed by atoms with Crippen molar-refractivity contribution in [1.82, 2.24) is 24.6 Å². The number of alkyl halides is 2. The Kier molecular flexibility index (Phi) is 9.04. The first-order chi connectivity index (χ1) is 19.7. The zero-order valence-corrected chi connectivity index (χ0v) is 24.5. The van der Waals surface area contributed by atoms with Crippen LogP contribution in [0.15, 0.2) is 36.7 Å². The van der Waals surface area contributed by atoms with Crippen molar-refractivity contribution in [3.8, 4) is 11.6 Å². The zero-order valence-electron chi connectivity index (χ0n) is 23.6. The molecule has 1 aliphatic rings. The van der Waals surface area contributed by atoms with Gasteiger partial charge >= 0.3 is 13.7 Å². The lowest BCUT2D eigenvalue weighted by molar-refractivity contribution is -0.202. The molecule has 4 N–H and O–H groups in total. The Labute approximate surface area is 240 Å². The molecule has 42 heavy (non-hydrogen) atoms. The number of esters is 1. The fourth-order valence-electron chi connectivity index (χ4n) is 4.19. The summed E-state index contributed by atoms with van der Waals surface area (Å²) in [6.45, 7) is 6.14. The molecule has 1 saturated heterocycles. The molecule has 0 bridgehead atoms. The molecule has 1 aliphatic heterocycles. The van der Waals surface area contributed by atoms with Crippen LogP contribution in [0.3, 0.4) is 0 Å². The van der Waals surface area contributed by atoms with Gasteiger partial charge in [0.25, 0.3) is 5.85 Å². The number of para-hydroxylation sites is 1. The van der Waals surface area contributed by atoms with Crippen LogP contribution in [0.4, 0.5) is 14.7 Å². The molecule has 1 fully saturated rings. The lowest BCUT2D eigenvalue weighted by atomic mass is 9.97. The van der Waals surface area contributed by atoms with Crippen molar-refractivity contribution in [2.24, 2.45) is 0 Å². The third-order valence-corrected chi connectivity index (χ3v) is 7.75. The molecule has 3 heterocycles. The number of aromatic nitrogens is 4. The molecule has 4 rings (SSSR count). The van der Waals surface area contributed by atoms with Gasteiger partial charge in [-0.15, -0.1) is 0 Å². The monoisotopic (exact) mass is 614 g/mol. The van der Waals surface area contributed by atoms with Crippen LogP contribution in [0, 0.1) is 0 Å². The summed E-state index contributed by atoms with van der Waals surface area (Å²) < 4.78 is 73.7. The molecule has 0 amide bonds. The van der Waals surface area contributed by atoms with Gasteiger partial charge in [-0.25, -0.2) is 18.3 Å². The third kappa shape index (κ3) is 6.47. The van der Waals surface area contributed by atoms with E-state index in [0.29, 0.717) is 0 Å². The summed E-state index contributed by atoms with van der Waals surface area (Å²) in [5, 5.41) is 13.2. The minimum Gasteiger partial charge on any atom is -0.476 e. The smallest absolute Gasteiger partial charge is 0.459 e. The Morgan fingerprint density at radius 2 is 1.95 bits per heavy atom. The second-order valence-corrected chi connectivity index (χ2v) is 11.7. The summed E-state index contributed by atoms with van der Waals surface area (Å²) in [5.74, 6) is -4.20. The van der Waals surface area contributed by atoms with Crippen molar-refractivity contribution < 1.29 is 46.5 Å². The molecule has 6 unspecified atom stereocenters. The number of hydrogen-bond acceptors (Lipinski definition) is 12. The van der Waals surface area contributed by atoms with Gasteiger partial charge < -0.3 is 29.6 Å². The van der Waals surface area contributed by atoms with Gasteiger partial charge in [0.2, 0.25) is 11.8 Å². The van der Waals surface area contributed by atoms with Gasteiger partial charge in [-0.05, 0) is 46.8 Å². The molecule has 17 heteroatoms. The predicted molar refractivity (Wildman–Crippen MR) is 145 cm³/mol. The molecule has 0 spiro atoms. The Morgan fingerprint density at radius 1 is 1.26 bits per heavy atom. The number of rotatable bonds is 12. The van der Waals surface area contributed by atoms with Crippen molar-refractivity contribution in [3.63, 3.8) is 0 Å². The highest BCUT2D eigenvalue weighted by Crippen LogP contribution is 2.52. The van der Waals surface area contributed by atoms with E-state index in [-0.39, 0.29) is 35.3 Å². The average Bonchev–Trinajstić information content (AvgIpc) is 3.40. The number of nitrogens with two attached hydrogens (primary N) is 1. The van der Waals surface area contributed by atoms with Gasteiger partial charge in [0.05, 0.1) is 19.0 Å². The minimum atomic E-state index is -4.58. The number of aliphatic hydroxyl groups is 1. The molecule has 0 saturated carbocycles. The number of ether oxygens (including phenoxy) is 3. The molecule has 0 aliphatic carbocycles. The van der Waals surface area contributed by atoms with Crippen LogP contribution >= 0.6 is 7.75 Å². The van der Waals surface area contributed by atoms with Crippen LogP contribution in [0.1, 0.15) is 40.8 Å². The van der Waals surface area contributed by atoms with Crippen LogP contribution in [0.25, 0.3) is 11.2 Å². The maximum absolute atomic E-state index is 16.2. The van der Waals surface area contributed by atoms with E-state index in [9.17, 15) is 14.5 Å². The molecular weight excluding hydrogens is 581 g/mol. The summed E-state index contributed by atoms with van der Waals surface area (Å²) in [6.07, 6.45) is -3.66.